The zero-order valence-electron chi connectivity index (χ0n) is 9.74. The molecule has 5 nitrogen and oxygen atoms in total. The standard InChI is InChI=1S/C11H14BrN3O2/c1-3-15(2)10(16)7-14-11(17)8-4-5-9(12)13-6-8/h4-6H,3,7H2,1-2H3,(H,14,17). The molecular formula is C11H14BrN3O2. The maximum absolute atomic E-state index is 11.6. The van der Waals surface area contributed by atoms with Gasteiger partial charge in [-0.1, -0.05) is 0 Å². The van der Waals surface area contributed by atoms with Gasteiger partial charge in [-0.05, 0) is 35.0 Å². The summed E-state index contributed by atoms with van der Waals surface area (Å²) in [5.41, 5.74) is 0.431. The lowest BCUT2D eigenvalue weighted by molar-refractivity contribution is -0.128. The van der Waals surface area contributed by atoms with Crippen LogP contribution >= 0.6 is 15.9 Å². The van der Waals surface area contributed by atoms with E-state index in [-0.39, 0.29) is 18.4 Å². The number of nitrogens with zero attached hydrogens (tertiary/aromatic N) is 2. The zero-order valence-corrected chi connectivity index (χ0v) is 11.3. The van der Waals surface area contributed by atoms with Crippen molar-refractivity contribution in [3.05, 3.63) is 28.5 Å². The molecule has 0 fully saturated rings. The highest BCUT2D eigenvalue weighted by Crippen LogP contribution is 2.05. The van der Waals surface area contributed by atoms with Gasteiger partial charge in [0, 0.05) is 19.8 Å². The highest BCUT2D eigenvalue weighted by atomic mass is 79.9. The Labute approximate surface area is 108 Å². The molecule has 0 unspecified atom stereocenters. The summed E-state index contributed by atoms with van der Waals surface area (Å²) < 4.78 is 0.663. The van der Waals surface area contributed by atoms with Crippen LogP contribution in [0.15, 0.2) is 22.9 Å². The molecule has 0 aliphatic rings. The van der Waals surface area contributed by atoms with Crippen molar-refractivity contribution >= 4 is 27.7 Å². The van der Waals surface area contributed by atoms with Crippen LogP contribution < -0.4 is 5.32 Å². The molecular weight excluding hydrogens is 286 g/mol. The van der Waals surface area contributed by atoms with Crippen LogP contribution in [0.25, 0.3) is 0 Å². The van der Waals surface area contributed by atoms with Gasteiger partial charge in [-0.2, -0.15) is 0 Å². The van der Waals surface area contributed by atoms with Crippen LogP contribution in [0, 0.1) is 0 Å². The highest BCUT2D eigenvalue weighted by molar-refractivity contribution is 9.10. The number of likely N-dealkylation sites (N-methyl/N-ethyl adjacent to an activating group) is 1. The quantitative estimate of drug-likeness (QED) is 0.846. The minimum absolute atomic E-state index is 0.000757. The van der Waals surface area contributed by atoms with E-state index in [4.69, 9.17) is 0 Å². The smallest absolute Gasteiger partial charge is 0.253 e. The number of aromatic nitrogens is 1. The Morgan fingerprint density at radius 2 is 2.18 bits per heavy atom. The van der Waals surface area contributed by atoms with E-state index in [1.165, 1.54) is 6.20 Å². The van der Waals surface area contributed by atoms with E-state index in [2.05, 4.69) is 26.2 Å². The van der Waals surface area contributed by atoms with Gasteiger partial charge in [0.15, 0.2) is 0 Å². The molecule has 1 aromatic heterocycles. The molecule has 0 bridgehead atoms. The molecule has 1 aromatic rings. The number of carbonyl (C=O) groups excluding carboxylic acids is 2. The van der Waals surface area contributed by atoms with Crippen molar-refractivity contribution in [3.8, 4) is 0 Å². The molecule has 0 spiro atoms. The van der Waals surface area contributed by atoms with Crippen LogP contribution in [0.5, 0.6) is 0 Å². The fourth-order valence-corrected chi connectivity index (χ4v) is 1.31. The molecule has 1 rings (SSSR count). The third-order valence-corrected chi connectivity index (χ3v) is 2.76. The number of halogens is 1. The number of rotatable bonds is 4. The molecule has 0 radical (unpaired) electrons. The Balaban J connectivity index is 2.50. The predicted molar refractivity (Wildman–Crippen MR) is 67.6 cm³/mol. The summed E-state index contributed by atoms with van der Waals surface area (Å²) in [6, 6.07) is 3.31. The second kappa shape index (κ2) is 6.34. The molecule has 0 atom stereocenters. The summed E-state index contributed by atoms with van der Waals surface area (Å²) in [4.78, 5) is 28.6. The summed E-state index contributed by atoms with van der Waals surface area (Å²) in [6.45, 7) is 2.49. The summed E-state index contributed by atoms with van der Waals surface area (Å²) >= 11 is 3.18. The Morgan fingerprint density at radius 3 is 2.71 bits per heavy atom. The molecule has 2 amide bonds. The van der Waals surface area contributed by atoms with Gasteiger partial charge in [0.05, 0.1) is 12.1 Å². The zero-order chi connectivity index (χ0) is 12.8. The van der Waals surface area contributed by atoms with Crippen molar-refractivity contribution in [3.63, 3.8) is 0 Å². The SMILES string of the molecule is CCN(C)C(=O)CNC(=O)c1ccc(Br)nc1. The van der Waals surface area contributed by atoms with E-state index in [1.807, 2.05) is 6.92 Å². The lowest BCUT2D eigenvalue weighted by atomic mass is 10.3. The van der Waals surface area contributed by atoms with Gasteiger partial charge >= 0.3 is 0 Å². The molecule has 92 valence electrons. The molecule has 1 heterocycles. The van der Waals surface area contributed by atoms with E-state index in [0.29, 0.717) is 16.7 Å². The normalized spacial score (nSPS) is 9.82. The molecule has 6 heteroatoms. The fourth-order valence-electron chi connectivity index (χ4n) is 1.08. The lowest BCUT2D eigenvalue weighted by Crippen LogP contribution is -2.38. The van der Waals surface area contributed by atoms with Crippen LogP contribution in [-0.2, 0) is 4.79 Å². The predicted octanol–water partition coefficient (Wildman–Crippen LogP) is 1.05. The minimum atomic E-state index is -0.303. The first-order chi connectivity index (χ1) is 8.04. The first kappa shape index (κ1) is 13.6. The number of amides is 2. The van der Waals surface area contributed by atoms with E-state index in [1.54, 1.807) is 24.1 Å². The second-order valence-corrected chi connectivity index (χ2v) is 4.27. The van der Waals surface area contributed by atoms with E-state index in [9.17, 15) is 9.59 Å². The van der Waals surface area contributed by atoms with Crippen LogP contribution in [0.3, 0.4) is 0 Å². The van der Waals surface area contributed by atoms with Crippen molar-refractivity contribution in [1.29, 1.82) is 0 Å². The number of pyridine rings is 1. The maximum Gasteiger partial charge on any atom is 0.253 e. The first-order valence-corrected chi connectivity index (χ1v) is 5.97. The number of nitrogens with one attached hydrogen (secondary N) is 1. The monoisotopic (exact) mass is 299 g/mol. The van der Waals surface area contributed by atoms with Crippen molar-refractivity contribution in [2.24, 2.45) is 0 Å². The Morgan fingerprint density at radius 1 is 1.47 bits per heavy atom. The van der Waals surface area contributed by atoms with E-state index >= 15 is 0 Å². The molecule has 17 heavy (non-hydrogen) atoms. The van der Waals surface area contributed by atoms with Crippen molar-refractivity contribution in [2.75, 3.05) is 20.1 Å². The molecule has 0 aromatic carbocycles. The summed E-state index contributed by atoms with van der Waals surface area (Å²) in [7, 11) is 1.69. The van der Waals surface area contributed by atoms with Gasteiger partial charge in [-0.25, -0.2) is 4.98 Å². The molecule has 0 saturated heterocycles. The Hall–Kier alpha value is -1.43. The first-order valence-electron chi connectivity index (χ1n) is 5.18. The number of hydrogen-bond acceptors (Lipinski definition) is 3. The largest absolute Gasteiger partial charge is 0.345 e. The van der Waals surface area contributed by atoms with Crippen molar-refractivity contribution < 1.29 is 9.59 Å². The topological polar surface area (TPSA) is 62.3 Å². The lowest BCUT2D eigenvalue weighted by Gasteiger charge is -2.14. The summed E-state index contributed by atoms with van der Waals surface area (Å²) in [5, 5.41) is 2.55. The Kier molecular flexibility index (Phi) is 5.09. The molecule has 0 aliphatic heterocycles. The second-order valence-electron chi connectivity index (χ2n) is 3.46. The average Bonchev–Trinajstić information content (AvgIpc) is 2.35. The van der Waals surface area contributed by atoms with Crippen LogP contribution in [0.1, 0.15) is 17.3 Å². The van der Waals surface area contributed by atoms with Crippen LogP contribution in [0.2, 0.25) is 0 Å². The van der Waals surface area contributed by atoms with Gasteiger partial charge in [0.2, 0.25) is 5.91 Å². The van der Waals surface area contributed by atoms with Crippen molar-refractivity contribution in [1.82, 2.24) is 15.2 Å². The van der Waals surface area contributed by atoms with Crippen LogP contribution in [0.4, 0.5) is 0 Å². The average molecular weight is 300 g/mol. The Bertz CT molecular complexity index is 406. The minimum Gasteiger partial charge on any atom is -0.345 e. The van der Waals surface area contributed by atoms with Gasteiger partial charge in [0.1, 0.15) is 4.60 Å². The van der Waals surface area contributed by atoms with E-state index in [0.717, 1.165) is 0 Å². The molecule has 1 N–H and O–H groups in total. The highest BCUT2D eigenvalue weighted by Gasteiger charge is 2.10. The fraction of sp³-hybridized carbons (Fsp3) is 0.364. The van der Waals surface area contributed by atoms with Gasteiger partial charge < -0.3 is 10.2 Å². The summed E-state index contributed by atoms with van der Waals surface area (Å²) in [5.74, 6) is -0.422. The third kappa shape index (κ3) is 4.14. The number of hydrogen-bond donors (Lipinski definition) is 1. The van der Waals surface area contributed by atoms with Gasteiger partial charge in [0.25, 0.3) is 5.91 Å². The van der Waals surface area contributed by atoms with Crippen molar-refractivity contribution in [2.45, 2.75) is 6.92 Å². The molecule has 0 saturated carbocycles. The van der Waals surface area contributed by atoms with Crippen LogP contribution in [-0.4, -0.2) is 41.8 Å². The number of carbonyl (C=O) groups is 2. The molecule has 0 aliphatic carbocycles. The van der Waals surface area contributed by atoms with Gasteiger partial charge in [-0.15, -0.1) is 0 Å². The maximum atomic E-state index is 11.6. The third-order valence-electron chi connectivity index (χ3n) is 2.29. The summed E-state index contributed by atoms with van der Waals surface area (Å²) in [6.07, 6.45) is 1.45. The van der Waals surface area contributed by atoms with E-state index < -0.39 is 0 Å². The van der Waals surface area contributed by atoms with Gasteiger partial charge in [-0.3, -0.25) is 9.59 Å².